The fraction of sp³-hybridized carbons (Fsp3) is 0.353. The number of halogens is 1. The van der Waals surface area contributed by atoms with E-state index in [1.165, 1.54) is 10.8 Å². The van der Waals surface area contributed by atoms with E-state index in [4.69, 9.17) is 28.6 Å². The molecule has 1 aliphatic rings. The van der Waals surface area contributed by atoms with Gasteiger partial charge in [0.2, 0.25) is 0 Å². The van der Waals surface area contributed by atoms with Gasteiger partial charge in [0, 0.05) is 28.9 Å². The highest BCUT2D eigenvalue weighted by Gasteiger charge is 2.36. The molecule has 1 aromatic carbocycles. The van der Waals surface area contributed by atoms with Crippen molar-refractivity contribution in [1.29, 1.82) is 0 Å². The number of aliphatic hydroxyl groups excluding tert-OH is 1. The Bertz CT molecular complexity index is 943. The number of thiocarbonyl (C=S) groups is 1. The molecule has 3 rings (SSSR count). The zero-order chi connectivity index (χ0) is 19.6. The number of ether oxygens (including phenoxy) is 1. The summed E-state index contributed by atoms with van der Waals surface area (Å²) in [6.07, 6.45) is 0.659. The standard InChI is InChI=1S/C17H19ClN4O4S/c1-9-7-22(17(25)21-15(9)24)14-6-12(13(8-23)26-14)20-16(27)19-11-4-2-10(18)3-5-11/h2-5,7,12-14,23H,6,8H2,1H3,(H2,19,20,27)(H,21,24,25)/t12?,13-,14-/m1/s1. The average molecular weight is 411 g/mol. The maximum absolute atomic E-state index is 12.1. The van der Waals surface area contributed by atoms with Gasteiger partial charge in [-0.15, -0.1) is 0 Å². The van der Waals surface area contributed by atoms with Gasteiger partial charge in [-0.05, 0) is 43.4 Å². The highest BCUT2D eigenvalue weighted by atomic mass is 35.5. The Balaban J connectivity index is 1.70. The number of benzene rings is 1. The van der Waals surface area contributed by atoms with Gasteiger partial charge in [-0.25, -0.2) is 4.79 Å². The summed E-state index contributed by atoms with van der Waals surface area (Å²) in [5, 5.41) is 16.7. The predicted molar refractivity (Wildman–Crippen MR) is 106 cm³/mol. The van der Waals surface area contributed by atoms with Crippen LogP contribution >= 0.6 is 23.8 Å². The van der Waals surface area contributed by atoms with Crippen molar-refractivity contribution in [3.05, 3.63) is 61.9 Å². The number of hydrogen-bond acceptors (Lipinski definition) is 5. The number of H-pyrrole nitrogens is 1. The molecule has 1 aromatic heterocycles. The first-order chi connectivity index (χ1) is 12.9. The number of aliphatic hydroxyl groups is 1. The predicted octanol–water partition coefficient (Wildman–Crippen LogP) is 1.13. The van der Waals surface area contributed by atoms with Crippen LogP contribution in [0.5, 0.6) is 0 Å². The van der Waals surface area contributed by atoms with Crippen molar-refractivity contribution < 1.29 is 9.84 Å². The van der Waals surface area contributed by atoms with E-state index in [0.29, 0.717) is 22.1 Å². The Labute approximate surface area is 165 Å². The van der Waals surface area contributed by atoms with Gasteiger partial charge in [-0.3, -0.25) is 14.3 Å². The minimum absolute atomic E-state index is 0.241. The second kappa shape index (κ2) is 8.22. The number of aromatic nitrogens is 2. The van der Waals surface area contributed by atoms with E-state index in [0.717, 1.165) is 5.69 Å². The maximum Gasteiger partial charge on any atom is 0.330 e. The van der Waals surface area contributed by atoms with Crippen LogP contribution in [0.3, 0.4) is 0 Å². The van der Waals surface area contributed by atoms with E-state index < -0.39 is 23.6 Å². The normalized spacial score (nSPS) is 21.8. The summed E-state index contributed by atoms with van der Waals surface area (Å²) in [7, 11) is 0. The molecule has 27 heavy (non-hydrogen) atoms. The van der Waals surface area contributed by atoms with Crippen LogP contribution in [-0.4, -0.2) is 38.5 Å². The zero-order valence-electron chi connectivity index (χ0n) is 14.4. The number of anilines is 1. The summed E-state index contributed by atoms with van der Waals surface area (Å²) in [6, 6.07) is 6.74. The van der Waals surface area contributed by atoms with E-state index in [2.05, 4.69) is 15.6 Å². The third-order valence-electron chi connectivity index (χ3n) is 4.29. The fourth-order valence-corrected chi connectivity index (χ4v) is 3.29. The lowest BCUT2D eigenvalue weighted by molar-refractivity contribution is -0.0281. The Kier molecular flexibility index (Phi) is 5.95. The van der Waals surface area contributed by atoms with Gasteiger partial charge in [0.15, 0.2) is 5.11 Å². The van der Waals surface area contributed by atoms with E-state index in [1.54, 1.807) is 31.2 Å². The molecule has 0 spiro atoms. The first kappa shape index (κ1) is 19.6. The molecule has 1 fully saturated rings. The highest BCUT2D eigenvalue weighted by molar-refractivity contribution is 7.80. The van der Waals surface area contributed by atoms with Crippen LogP contribution in [0.1, 0.15) is 18.2 Å². The van der Waals surface area contributed by atoms with Crippen LogP contribution in [-0.2, 0) is 4.74 Å². The van der Waals surface area contributed by atoms with Gasteiger partial charge >= 0.3 is 5.69 Å². The van der Waals surface area contributed by atoms with Crippen molar-refractivity contribution >= 4 is 34.6 Å². The van der Waals surface area contributed by atoms with Crippen molar-refractivity contribution in [2.75, 3.05) is 11.9 Å². The molecule has 8 nitrogen and oxygen atoms in total. The summed E-state index contributed by atoms with van der Waals surface area (Å²) >= 11 is 11.2. The van der Waals surface area contributed by atoms with Gasteiger partial charge in [-0.1, -0.05) is 11.6 Å². The second-order valence-corrected chi connectivity index (χ2v) is 7.08. The van der Waals surface area contributed by atoms with Crippen LogP contribution in [0.25, 0.3) is 0 Å². The molecule has 1 aliphatic heterocycles. The Hall–Kier alpha value is -2.20. The summed E-state index contributed by atoms with van der Waals surface area (Å²) in [5.74, 6) is 0. The molecule has 2 heterocycles. The van der Waals surface area contributed by atoms with Crippen LogP contribution in [0.2, 0.25) is 5.02 Å². The number of hydrogen-bond donors (Lipinski definition) is 4. The topological polar surface area (TPSA) is 108 Å². The summed E-state index contributed by atoms with van der Waals surface area (Å²) in [5.41, 5.74) is 0.168. The number of nitrogens with zero attached hydrogens (tertiary/aromatic N) is 1. The van der Waals surface area contributed by atoms with E-state index in [9.17, 15) is 14.7 Å². The van der Waals surface area contributed by atoms with Crippen LogP contribution in [0.15, 0.2) is 40.1 Å². The van der Waals surface area contributed by atoms with Crippen molar-refractivity contribution in [3.63, 3.8) is 0 Å². The largest absolute Gasteiger partial charge is 0.394 e. The third-order valence-corrected chi connectivity index (χ3v) is 4.76. The summed E-state index contributed by atoms with van der Waals surface area (Å²) in [6.45, 7) is 1.36. The first-order valence-electron chi connectivity index (χ1n) is 8.29. The molecule has 0 amide bonds. The lowest BCUT2D eigenvalue weighted by Crippen LogP contribution is -2.43. The molecule has 0 aliphatic carbocycles. The number of aromatic amines is 1. The summed E-state index contributed by atoms with van der Waals surface area (Å²) < 4.78 is 7.09. The molecule has 2 aromatic rings. The lowest BCUT2D eigenvalue weighted by atomic mass is 10.1. The zero-order valence-corrected chi connectivity index (χ0v) is 16.0. The van der Waals surface area contributed by atoms with Crippen molar-refractivity contribution in [2.24, 2.45) is 0 Å². The van der Waals surface area contributed by atoms with E-state index >= 15 is 0 Å². The third kappa shape index (κ3) is 4.56. The van der Waals surface area contributed by atoms with Gasteiger partial charge in [0.1, 0.15) is 12.3 Å². The van der Waals surface area contributed by atoms with Gasteiger partial charge < -0.3 is 20.5 Å². The van der Waals surface area contributed by atoms with Gasteiger partial charge in [0.25, 0.3) is 5.56 Å². The fourth-order valence-electron chi connectivity index (χ4n) is 2.89. The van der Waals surface area contributed by atoms with Crippen molar-refractivity contribution in [2.45, 2.75) is 31.7 Å². The van der Waals surface area contributed by atoms with Crippen molar-refractivity contribution in [3.8, 4) is 0 Å². The first-order valence-corrected chi connectivity index (χ1v) is 9.07. The SMILES string of the molecule is Cc1cn([C@H]2CC(NC(=S)Nc3ccc(Cl)cc3)[C@@H](CO)O2)c(=O)[nH]c1=O. The molecule has 3 atom stereocenters. The highest BCUT2D eigenvalue weighted by Crippen LogP contribution is 2.27. The molecular weight excluding hydrogens is 392 g/mol. The Morgan fingerprint density at radius 1 is 1.41 bits per heavy atom. The van der Waals surface area contributed by atoms with Crippen LogP contribution < -0.4 is 21.9 Å². The minimum atomic E-state index is -0.624. The Morgan fingerprint density at radius 2 is 2.11 bits per heavy atom. The number of nitrogens with one attached hydrogen (secondary N) is 3. The molecular formula is C17H19ClN4O4S. The van der Waals surface area contributed by atoms with Crippen LogP contribution in [0, 0.1) is 6.92 Å². The molecule has 1 saturated heterocycles. The van der Waals surface area contributed by atoms with Gasteiger partial charge in [-0.2, -0.15) is 0 Å². The second-order valence-electron chi connectivity index (χ2n) is 6.24. The molecule has 1 unspecified atom stereocenters. The lowest BCUT2D eigenvalue weighted by Gasteiger charge is -2.19. The maximum atomic E-state index is 12.1. The molecule has 0 bridgehead atoms. The smallest absolute Gasteiger partial charge is 0.330 e. The van der Waals surface area contributed by atoms with E-state index in [1.807, 2.05) is 0 Å². The quantitative estimate of drug-likeness (QED) is 0.559. The molecule has 4 N–H and O–H groups in total. The average Bonchev–Trinajstić information content (AvgIpc) is 3.02. The summed E-state index contributed by atoms with van der Waals surface area (Å²) in [4.78, 5) is 25.9. The van der Waals surface area contributed by atoms with Crippen LogP contribution in [0.4, 0.5) is 5.69 Å². The molecule has 0 saturated carbocycles. The van der Waals surface area contributed by atoms with Crippen molar-refractivity contribution in [1.82, 2.24) is 14.9 Å². The van der Waals surface area contributed by atoms with Gasteiger partial charge in [0.05, 0.1) is 12.6 Å². The monoisotopic (exact) mass is 410 g/mol. The number of rotatable bonds is 4. The minimum Gasteiger partial charge on any atom is -0.394 e. The molecule has 10 heteroatoms. The van der Waals surface area contributed by atoms with E-state index in [-0.39, 0.29) is 12.6 Å². The Morgan fingerprint density at radius 3 is 2.78 bits per heavy atom. The molecule has 144 valence electrons. The molecule has 0 radical (unpaired) electrons. The number of aryl methyl sites for hydroxylation is 1.